The summed E-state index contributed by atoms with van der Waals surface area (Å²) in [5.41, 5.74) is 2.21. The SMILES string of the molecule is Cc1nccnc1-c1cn(-c2cccc(OC(F)(F)F)c2)c2ncnc(N3CCN(C(=O)OC(C)(C)C)C[C@@H]3C)c12. The highest BCUT2D eigenvalue weighted by Gasteiger charge is 2.33. The Balaban J connectivity index is 1.60. The van der Waals surface area contributed by atoms with Crippen LogP contribution in [-0.4, -0.2) is 73.1 Å². The molecule has 5 rings (SSSR count). The molecule has 216 valence electrons. The summed E-state index contributed by atoms with van der Waals surface area (Å²) in [4.78, 5) is 34.6. The van der Waals surface area contributed by atoms with Crippen molar-refractivity contribution in [3.8, 4) is 22.7 Å². The van der Waals surface area contributed by atoms with Gasteiger partial charge in [-0.1, -0.05) is 6.07 Å². The monoisotopic (exact) mass is 569 g/mol. The second-order valence-corrected chi connectivity index (χ2v) is 10.8. The van der Waals surface area contributed by atoms with E-state index in [1.807, 2.05) is 34.6 Å². The van der Waals surface area contributed by atoms with Gasteiger partial charge in [0.15, 0.2) is 5.65 Å². The molecule has 0 aliphatic carbocycles. The fraction of sp³-hybridized carbons (Fsp3) is 0.393. The Hall–Kier alpha value is -4.42. The summed E-state index contributed by atoms with van der Waals surface area (Å²) in [6.07, 6.45) is 1.16. The van der Waals surface area contributed by atoms with E-state index in [1.54, 1.807) is 34.1 Å². The summed E-state index contributed by atoms with van der Waals surface area (Å²) in [5, 5.41) is 0.663. The average molecular weight is 570 g/mol. The van der Waals surface area contributed by atoms with Crippen LogP contribution in [0.4, 0.5) is 23.8 Å². The first-order valence-corrected chi connectivity index (χ1v) is 13.1. The van der Waals surface area contributed by atoms with Crippen LogP contribution in [0, 0.1) is 6.92 Å². The van der Waals surface area contributed by atoms with Gasteiger partial charge < -0.3 is 23.8 Å². The minimum absolute atomic E-state index is 0.128. The molecular formula is C28H30F3N7O3. The van der Waals surface area contributed by atoms with Gasteiger partial charge in [0.2, 0.25) is 0 Å². The number of nitrogens with zero attached hydrogens (tertiary/aromatic N) is 7. The van der Waals surface area contributed by atoms with Crippen molar-refractivity contribution in [2.45, 2.75) is 52.6 Å². The predicted molar refractivity (Wildman–Crippen MR) is 146 cm³/mol. The standard InChI is InChI=1S/C28H30F3N7O3/c1-17-14-36(26(39)41-27(3,4)5)11-12-37(17)24-22-21(23-18(2)32-9-10-33-23)15-38(25(22)35-16-34-24)19-7-6-8-20(13-19)40-28(29,30)31/h6-10,13,15-17H,11-12,14H2,1-5H3/t17-/m0/s1. The van der Waals surface area contributed by atoms with Crippen LogP contribution in [-0.2, 0) is 4.74 Å². The smallest absolute Gasteiger partial charge is 0.444 e. The van der Waals surface area contributed by atoms with E-state index >= 15 is 0 Å². The summed E-state index contributed by atoms with van der Waals surface area (Å²) in [6.45, 7) is 10.6. The van der Waals surface area contributed by atoms with Crippen LogP contribution in [0.3, 0.4) is 0 Å². The van der Waals surface area contributed by atoms with Crippen molar-refractivity contribution in [2.24, 2.45) is 0 Å². The van der Waals surface area contributed by atoms with Crippen molar-refractivity contribution in [1.82, 2.24) is 29.4 Å². The van der Waals surface area contributed by atoms with Crippen LogP contribution in [0.25, 0.3) is 28.0 Å². The van der Waals surface area contributed by atoms with Gasteiger partial charge in [0.05, 0.1) is 22.5 Å². The van der Waals surface area contributed by atoms with Crippen LogP contribution >= 0.6 is 0 Å². The van der Waals surface area contributed by atoms with Gasteiger partial charge in [-0.15, -0.1) is 13.2 Å². The molecule has 1 amide bonds. The summed E-state index contributed by atoms with van der Waals surface area (Å²) in [7, 11) is 0. The number of amides is 1. The Morgan fingerprint density at radius 3 is 2.49 bits per heavy atom. The summed E-state index contributed by atoms with van der Waals surface area (Å²) in [5.74, 6) is 0.267. The van der Waals surface area contributed by atoms with Crippen LogP contribution in [0.1, 0.15) is 33.4 Å². The number of halogens is 3. The highest BCUT2D eigenvalue weighted by molar-refractivity contribution is 6.02. The van der Waals surface area contributed by atoms with Gasteiger partial charge in [-0.25, -0.2) is 14.8 Å². The Morgan fingerprint density at radius 1 is 1.05 bits per heavy atom. The van der Waals surface area contributed by atoms with Gasteiger partial charge >= 0.3 is 12.5 Å². The number of alkyl halides is 3. The van der Waals surface area contributed by atoms with Crippen molar-refractivity contribution in [3.05, 3.63) is 54.9 Å². The van der Waals surface area contributed by atoms with Crippen LogP contribution in [0.5, 0.6) is 5.75 Å². The summed E-state index contributed by atoms with van der Waals surface area (Å²) < 4.78 is 50.3. The third-order valence-electron chi connectivity index (χ3n) is 6.58. The zero-order chi connectivity index (χ0) is 29.5. The minimum Gasteiger partial charge on any atom is -0.444 e. The number of piperazine rings is 1. The normalized spacial score (nSPS) is 16.2. The minimum atomic E-state index is -4.83. The van der Waals surface area contributed by atoms with E-state index in [0.29, 0.717) is 59.1 Å². The third-order valence-corrected chi connectivity index (χ3v) is 6.58. The summed E-state index contributed by atoms with van der Waals surface area (Å²) in [6, 6.07) is 5.56. The number of fused-ring (bicyclic) bond motifs is 1. The van der Waals surface area contributed by atoms with Gasteiger partial charge in [0.25, 0.3) is 0 Å². The van der Waals surface area contributed by atoms with E-state index in [2.05, 4.69) is 29.6 Å². The van der Waals surface area contributed by atoms with Crippen molar-refractivity contribution in [3.63, 3.8) is 0 Å². The van der Waals surface area contributed by atoms with Crippen LogP contribution in [0.15, 0.2) is 49.2 Å². The number of hydrogen-bond donors (Lipinski definition) is 0. The first-order chi connectivity index (χ1) is 19.3. The molecule has 1 saturated heterocycles. The molecule has 0 radical (unpaired) electrons. The zero-order valence-corrected chi connectivity index (χ0v) is 23.3. The molecule has 0 unspecified atom stereocenters. The molecule has 1 fully saturated rings. The largest absolute Gasteiger partial charge is 0.573 e. The second kappa shape index (κ2) is 10.5. The molecule has 13 heteroatoms. The quantitative estimate of drug-likeness (QED) is 0.317. The van der Waals surface area contributed by atoms with Crippen LogP contribution < -0.4 is 9.64 Å². The number of ether oxygens (including phenoxy) is 2. The van der Waals surface area contributed by atoms with E-state index in [4.69, 9.17) is 4.74 Å². The van der Waals surface area contributed by atoms with E-state index < -0.39 is 12.0 Å². The molecule has 41 heavy (non-hydrogen) atoms. The lowest BCUT2D eigenvalue weighted by Gasteiger charge is -2.41. The molecule has 0 spiro atoms. The highest BCUT2D eigenvalue weighted by Crippen LogP contribution is 2.38. The van der Waals surface area contributed by atoms with Gasteiger partial charge in [0.1, 0.15) is 23.5 Å². The number of anilines is 1. The molecule has 0 N–H and O–H groups in total. The maximum atomic E-state index is 12.9. The number of aromatic nitrogens is 5. The number of hydrogen-bond acceptors (Lipinski definition) is 8. The Morgan fingerprint density at radius 2 is 1.80 bits per heavy atom. The molecule has 0 bridgehead atoms. The van der Waals surface area contributed by atoms with Gasteiger partial charge in [-0.3, -0.25) is 9.97 Å². The van der Waals surface area contributed by atoms with E-state index in [-0.39, 0.29) is 17.9 Å². The lowest BCUT2D eigenvalue weighted by Crippen LogP contribution is -2.54. The first-order valence-electron chi connectivity index (χ1n) is 13.1. The molecule has 4 heterocycles. The average Bonchev–Trinajstić information content (AvgIpc) is 3.27. The molecule has 1 atom stereocenters. The van der Waals surface area contributed by atoms with E-state index in [1.165, 1.54) is 24.5 Å². The van der Waals surface area contributed by atoms with E-state index in [9.17, 15) is 18.0 Å². The molecule has 1 aliphatic heterocycles. The van der Waals surface area contributed by atoms with Crippen molar-refractivity contribution in [2.75, 3.05) is 24.5 Å². The lowest BCUT2D eigenvalue weighted by atomic mass is 10.1. The van der Waals surface area contributed by atoms with Crippen molar-refractivity contribution in [1.29, 1.82) is 0 Å². The zero-order valence-electron chi connectivity index (χ0n) is 23.3. The fourth-order valence-corrected chi connectivity index (χ4v) is 4.91. The summed E-state index contributed by atoms with van der Waals surface area (Å²) >= 11 is 0. The van der Waals surface area contributed by atoms with Gasteiger partial charge in [-0.2, -0.15) is 0 Å². The maximum Gasteiger partial charge on any atom is 0.573 e. The molecule has 1 aromatic carbocycles. The highest BCUT2D eigenvalue weighted by atomic mass is 19.4. The Kier molecular flexibility index (Phi) is 7.22. The Bertz CT molecular complexity index is 1580. The van der Waals surface area contributed by atoms with Crippen LogP contribution in [0.2, 0.25) is 0 Å². The van der Waals surface area contributed by atoms with Crippen molar-refractivity contribution >= 4 is 22.9 Å². The molecule has 10 nitrogen and oxygen atoms in total. The number of benzene rings is 1. The van der Waals surface area contributed by atoms with Gasteiger partial charge in [0, 0.05) is 55.9 Å². The maximum absolute atomic E-state index is 12.9. The fourth-order valence-electron chi connectivity index (χ4n) is 4.91. The topological polar surface area (TPSA) is 98.5 Å². The lowest BCUT2D eigenvalue weighted by molar-refractivity contribution is -0.274. The molecule has 4 aromatic rings. The second-order valence-electron chi connectivity index (χ2n) is 10.8. The first kappa shape index (κ1) is 28.1. The number of rotatable bonds is 4. The number of carbonyl (C=O) groups excluding carboxylic acids is 1. The van der Waals surface area contributed by atoms with E-state index in [0.717, 1.165) is 0 Å². The molecule has 1 aliphatic rings. The molecule has 3 aromatic heterocycles. The molecular weight excluding hydrogens is 539 g/mol. The predicted octanol–water partition coefficient (Wildman–Crippen LogP) is 5.53. The molecule has 0 saturated carbocycles. The number of aryl methyl sites for hydroxylation is 1. The number of carbonyl (C=O) groups is 1. The van der Waals surface area contributed by atoms with Crippen molar-refractivity contribution < 1.29 is 27.4 Å². The third kappa shape index (κ3) is 6.03. The van der Waals surface area contributed by atoms with Gasteiger partial charge in [-0.05, 0) is 46.8 Å². The Labute approximate surface area is 234 Å².